The summed E-state index contributed by atoms with van der Waals surface area (Å²) in [6, 6.07) is 17.4. The van der Waals surface area contributed by atoms with Gasteiger partial charge in [-0.2, -0.15) is 0 Å². The van der Waals surface area contributed by atoms with Gasteiger partial charge < -0.3 is 18.6 Å². The van der Waals surface area contributed by atoms with Crippen molar-refractivity contribution in [2.75, 3.05) is 36.1 Å². The van der Waals surface area contributed by atoms with Gasteiger partial charge in [0.2, 0.25) is 12.3 Å². The molecule has 10 heteroatoms. The third-order valence-corrected chi connectivity index (χ3v) is 7.45. The number of hydrogen-bond acceptors (Lipinski definition) is 6. The van der Waals surface area contributed by atoms with E-state index in [9.17, 15) is 4.79 Å². The lowest BCUT2D eigenvalue weighted by molar-refractivity contribution is -0.108. The molecule has 1 fully saturated rings. The summed E-state index contributed by atoms with van der Waals surface area (Å²) >= 11 is 6.17. The Labute approximate surface area is 235 Å². The number of pyridine rings is 1. The van der Waals surface area contributed by atoms with Gasteiger partial charge >= 0.3 is 0 Å². The first-order chi connectivity index (χ1) is 19.5. The number of imidazole rings is 1. The van der Waals surface area contributed by atoms with E-state index in [2.05, 4.69) is 4.98 Å². The van der Waals surface area contributed by atoms with Gasteiger partial charge in [0, 0.05) is 60.5 Å². The number of nitrogens with zero attached hydrogens (tertiary/aromatic N) is 5. The maximum Gasteiger partial charge on any atom is 0.217 e. The average molecular weight is 560 g/mol. The van der Waals surface area contributed by atoms with Gasteiger partial charge in [-0.15, -0.1) is 0 Å². The smallest absolute Gasteiger partial charge is 0.217 e. The third kappa shape index (κ3) is 5.05. The summed E-state index contributed by atoms with van der Waals surface area (Å²) < 4.78 is 28.6. The second-order valence-electron chi connectivity index (χ2n) is 9.65. The molecular weight excluding hydrogens is 533 g/mol. The number of hydrogen-bond donors (Lipinski definition) is 0. The molecule has 40 heavy (non-hydrogen) atoms. The summed E-state index contributed by atoms with van der Waals surface area (Å²) in [6.45, 7) is 2.46. The van der Waals surface area contributed by atoms with Crippen molar-refractivity contribution in [1.29, 1.82) is 0 Å². The highest BCUT2D eigenvalue weighted by Crippen LogP contribution is 2.35. The van der Waals surface area contributed by atoms with Crippen molar-refractivity contribution in [3.63, 3.8) is 0 Å². The van der Waals surface area contributed by atoms with Crippen LogP contribution in [0, 0.1) is 5.82 Å². The molecule has 0 spiro atoms. The van der Waals surface area contributed by atoms with Gasteiger partial charge in [0.15, 0.2) is 0 Å². The molecule has 0 unspecified atom stereocenters. The van der Waals surface area contributed by atoms with Crippen LogP contribution in [0.15, 0.2) is 77.5 Å². The summed E-state index contributed by atoms with van der Waals surface area (Å²) in [7, 11) is 1.86. The zero-order chi connectivity index (χ0) is 27.6. The first-order valence-electron chi connectivity index (χ1n) is 13.0. The Balaban J connectivity index is 1.38. The largest absolute Gasteiger partial charge is 0.440 e. The Bertz CT molecular complexity index is 1650. The van der Waals surface area contributed by atoms with Crippen LogP contribution in [-0.2, 0) is 23.0 Å². The summed E-state index contributed by atoms with van der Waals surface area (Å²) in [6.07, 6.45) is 4.53. The number of anilines is 2. The highest BCUT2D eigenvalue weighted by Gasteiger charge is 2.29. The van der Waals surface area contributed by atoms with Crippen molar-refractivity contribution in [3.05, 3.63) is 95.4 Å². The van der Waals surface area contributed by atoms with Gasteiger partial charge in [0.1, 0.15) is 23.3 Å². The Morgan fingerprint density at radius 3 is 2.70 bits per heavy atom. The molecule has 1 saturated heterocycles. The Morgan fingerprint density at radius 1 is 1.10 bits per heavy atom. The molecule has 0 N–H and O–H groups in total. The molecule has 1 amide bonds. The van der Waals surface area contributed by atoms with E-state index >= 15 is 4.39 Å². The van der Waals surface area contributed by atoms with Gasteiger partial charge in [-0.05, 0) is 42.5 Å². The van der Waals surface area contributed by atoms with Crippen LogP contribution in [0.1, 0.15) is 17.6 Å². The number of furan rings is 1. The predicted molar refractivity (Wildman–Crippen MR) is 152 cm³/mol. The Hall–Kier alpha value is -4.21. The summed E-state index contributed by atoms with van der Waals surface area (Å²) in [5, 5.41) is 1.35. The average Bonchev–Trinajstić information content (AvgIpc) is 3.56. The quantitative estimate of drug-likeness (QED) is 0.224. The van der Waals surface area contributed by atoms with Crippen LogP contribution in [0.4, 0.5) is 16.0 Å². The molecule has 0 saturated carbocycles. The van der Waals surface area contributed by atoms with Crippen LogP contribution in [0.3, 0.4) is 0 Å². The van der Waals surface area contributed by atoms with E-state index in [1.165, 1.54) is 11.0 Å². The van der Waals surface area contributed by atoms with Crippen molar-refractivity contribution in [1.82, 2.24) is 14.5 Å². The SMILES string of the molecule is Cn1c(-c2ccc(N3CCOCC3)c(F)c2)cnc1[C@H](Cc1ccccn1)N(C=O)c1cc2cc(Cl)ccc2o1. The van der Waals surface area contributed by atoms with Gasteiger partial charge in [0.25, 0.3) is 0 Å². The monoisotopic (exact) mass is 559 g/mol. The van der Waals surface area contributed by atoms with Crippen molar-refractivity contribution >= 4 is 40.6 Å². The Morgan fingerprint density at radius 2 is 1.95 bits per heavy atom. The first-order valence-corrected chi connectivity index (χ1v) is 13.4. The molecule has 4 heterocycles. The van der Waals surface area contributed by atoms with Crippen molar-refractivity contribution in [2.24, 2.45) is 7.05 Å². The molecule has 5 aromatic rings. The molecule has 8 nitrogen and oxygen atoms in total. The van der Waals surface area contributed by atoms with Crippen LogP contribution in [-0.4, -0.2) is 47.2 Å². The highest BCUT2D eigenvalue weighted by molar-refractivity contribution is 6.31. The molecule has 3 aromatic heterocycles. The fourth-order valence-electron chi connectivity index (χ4n) is 5.17. The van der Waals surface area contributed by atoms with Crippen LogP contribution < -0.4 is 9.80 Å². The fourth-order valence-corrected chi connectivity index (χ4v) is 5.35. The van der Waals surface area contributed by atoms with Crippen molar-refractivity contribution < 1.29 is 18.3 Å². The molecule has 1 aliphatic heterocycles. The maximum absolute atomic E-state index is 15.2. The predicted octanol–water partition coefficient (Wildman–Crippen LogP) is 5.80. The summed E-state index contributed by atoms with van der Waals surface area (Å²) in [5.74, 6) is 0.658. The minimum Gasteiger partial charge on any atom is -0.440 e. The minimum absolute atomic E-state index is 0.303. The molecule has 204 valence electrons. The van der Waals surface area contributed by atoms with Crippen molar-refractivity contribution in [2.45, 2.75) is 12.5 Å². The fraction of sp³-hybridized carbons (Fsp3) is 0.233. The van der Waals surface area contributed by atoms with E-state index in [4.69, 9.17) is 25.7 Å². The van der Waals surface area contributed by atoms with E-state index < -0.39 is 6.04 Å². The number of benzene rings is 2. The van der Waals surface area contributed by atoms with Crippen LogP contribution in [0.25, 0.3) is 22.2 Å². The minimum atomic E-state index is -0.556. The van der Waals surface area contributed by atoms with Crippen LogP contribution in [0.2, 0.25) is 5.02 Å². The molecule has 1 atom stereocenters. The lowest BCUT2D eigenvalue weighted by Gasteiger charge is -2.29. The summed E-state index contributed by atoms with van der Waals surface area (Å²) in [5.41, 5.74) is 3.35. The topological polar surface area (TPSA) is 76.6 Å². The number of carbonyl (C=O) groups is 1. The molecule has 2 aromatic carbocycles. The molecule has 0 aliphatic carbocycles. The number of morpholine rings is 1. The van der Waals surface area contributed by atoms with Crippen LogP contribution >= 0.6 is 11.6 Å². The van der Waals surface area contributed by atoms with E-state index in [1.54, 1.807) is 42.7 Å². The van der Waals surface area contributed by atoms with Crippen molar-refractivity contribution in [3.8, 4) is 11.3 Å². The van der Waals surface area contributed by atoms with E-state index in [1.807, 2.05) is 40.8 Å². The number of amides is 1. The second-order valence-corrected chi connectivity index (χ2v) is 10.1. The van der Waals surface area contributed by atoms with E-state index in [-0.39, 0.29) is 5.82 Å². The van der Waals surface area contributed by atoms with Gasteiger partial charge in [-0.1, -0.05) is 23.7 Å². The van der Waals surface area contributed by atoms with Gasteiger partial charge in [-0.3, -0.25) is 14.7 Å². The molecule has 6 rings (SSSR count). The van der Waals surface area contributed by atoms with Gasteiger partial charge in [0.05, 0.1) is 30.8 Å². The summed E-state index contributed by atoms with van der Waals surface area (Å²) in [4.78, 5) is 25.3. The number of rotatable bonds is 8. The number of aromatic nitrogens is 3. The lowest BCUT2D eigenvalue weighted by Crippen LogP contribution is -2.36. The second kappa shape index (κ2) is 11.1. The van der Waals surface area contributed by atoms with E-state index in [0.29, 0.717) is 66.3 Å². The van der Waals surface area contributed by atoms with Crippen LogP contribution in [0.5, 0.6) is 0 Å². The highest BCUT2D eigenvalue weighted by atomic mass is 35.5. The molecular formula is C30H27ClFN5O3. The first kappa shape index (κ1) is 26.0. The molecule has 1 aliphatic rings. The number of fused-ring (bicyclic) bond motifs is 1. The normalized spacial score (nSPS) is 14.4. The maximum atomic E-state index is 15.2. The Kier molecular flexibility index (Phi) is 7.23. The number of ether oxygens (including phenoxy) is 1. The number of halogens is 2. The molecule has 0 radical (unpaired) electrons. The zero-order valence-electron chi connectivity index (χ0n) is 21.8. The zero-order valence-corrected chi connectivity index (χ0v) is 22.6. The number of carbonyl (C=O) groups excluding carboxylic acids is 1. The standard InChI is InChI=1S/C30H27ClFN5O3/c1-35-27(20-5-7-25(24(32)15-20)36-10-12-39-13-11-36)18-34-30(35)26(17-23-4-2-3-9-33-23)37(19-38)29-16-21-14-22(31)6-8-28(21)40-29/h2-9,14-16,18-19,26H,10-13,17H2,1H3/t26-/m0/s1. The van der Waals surface area contributed by atoms with E-state index in [0.717, 1.165) is 23.2 Å². The lowest BCUT2D eigenvalue weighted by atomic mass is 10.1. The third-order valence-electron chi connectivity index (χ3n) is 7.22. The van der Waals surface area contributed by atoms with Gasteiger partial charge in [-0.25, -0.2) is 9.37 Å². The molecule has 0 bridgehead atoms.